The van der Waals surface area contributed by atoms with Gasteiger partial charge in [0.25, 0.3) is 5.56 Å². The number of hydrogen-bond acceptors (Lipinski definition) is 11. The van der Waals surface area contributed by atoms with Gasteiger partial charge in [0.1, 0.15) is 36.2 Å². The van der Waals surface area contributed by atoms with Gasteiger partial charge in [-0.25, -0.2) is 4.98 Å². The molecule has 1 aromatic carbocycles. The number of benzene rings is 1. The highest BCUT2D eigenvalue weighted by atomic mass is 16.6. The molecule has 2 heterocycles. The number of carbonyl (C=O) groups excluding carboxylic acids is 6. The number of imide groups is 1. The van der Waals surface area contributed by atoms with E-state index in [1.54, 1.807) is 39.8 Å². The number of carbonyl (C=O) groups is 6. The van der Waals surface area contributed by atoms with Crippen molar-refractivity contribution in [1.29, 1.82) is 0 Å². The van der Waals surface area contributed by atoms with Crippen LogP contribution in [-0.4, -0.2) is 64.0 Å². The third kappa shape index (κ3) is 8.94. The number of anilines is 1. The molecule has 3 rings (SSSR count). The second-order valence-corrected chi connectivity index (χ2v) is 10.6. The molecule has 1 saturated heterocycles. The Morgan fingerprint density at radius 3 is 2.21 bits per heavy atom. The second kappa shape index (κ2) is 13.8. The number of hydrogen-bond donors (Lipinski definition) is 2. The van der Waals surface area contributed by atoms with Crippen molar-refractivity contribution in [1.82, 2.24) is 14.9 Å². The van der Waals surface area contributed by atoms with Crippen LogP contribution in [0.4, 0.5) is 5.69 Å². The average molecular weight is 587 g/mol. The van der Waals surface area contributed by atoms with Crippen LogP contribution in [0.1, 0.15) is 71.2 Å². The van der Waals surface area contributed by atoms with Crippen LogP contribution in [0, 0.1) is 6.92 Å². The lowest BCUT2D eigenvalue weighted by Crippen LogP contribution is -2.45. The predicted octanol–water partition coefficient (Wildman–Crippen LogP) is 1.61. The normalized spacial score (nSPS) is 15.1. The number of fused-ring (bicyclic) bond motifs is 1. The monoisotopic (exact) mass is 586 g/mol. The van der Waals surface area contributed by atoms with Gasteiger partial charge in [-0.15, -0.1) is 0 Å². The summed E-state index contributed by atoms with van der Waals surface area (Å²) in [6.45, 7) is 6.28. The van der Waals surface area contributed by atoms with Crippen molar-refractivity contribution in [2.24, 2.45) is 0 Å². The van der Waals surface area contributed by atoms with Crippen molar-refractivity contribution in [3.8, 4) is 0 Å². The Balaban J connectivity index is 1.48. The number of rotatable bonds is 11. The van der Waals surface area contributed by atoms with E-state index in [-0.39, 0.29) is 74.2 Å². The Morgan fingerprint density at radius 2 is 1.60 bits per heavy atom. The van der Waals surface area contributed by atoms with Crippen molar-refractivity contribution in [3.05, 3.63) is 34.4 Å². The summed E-state index contributed by atoms with van der Waals surface area (Å²) in [4.78, 5) is 89.4. The van der Waals surface area contributed by atoms with Crippen molar-refractivity contribution in [2.75, 3.05) is 18.5 Å². The first-order chi connectivity index (χ1) is 19.7. The van der Waals surface area contributed by atoms with Gasteiger partial charge in [0.05, 0.1) is 30.3 Å². The van der Waals surface area contributed by atoms with Gasteiger partial charge >= 0.3 is 17.9 Å². The molecule has 0 bridgehead atoms. The van der Waals surface area contributed by atoms with E-state index in [4.69, 9.17) is 14.2 Å². The lowest BCUT2D eigenvalue weighted by molar-refractivity contribution is -0.159. The van der Waals surface area contributed by atoms with Crippen LogP contribution in [0.2, 0.25) is 0 Å². The molecule has 0 saturated carbocycles. The van der Waals surface area contributed by atoms with E-state index >= 15 is 0 Å². The number of nitrogens with zero attached hydrogens (tertiary/aromatic N) is 2. The maximum absolute atomic E-state index is 13.2. The van der Waals surface area contributed by atoms with E-state index in [0.717, 1.165) is 0 Å². The zero-order chi connectivity index (χ0) is 31.0. The number of piperidine rings is 1. The van der Waals surface area contributed by atoms with Gasteiger partial charge in [0.15, 0.2) is 0 Å². The first-order valence-corrected chi connectivity index (χ1v) is 13.4. The Hall–Kier alpha value is -4.62. The van der Waals surface area contributed by atoms with Gasteiger partial charge in [-0.2, -0.15) is 0 Å². The first-order valence-electron chi connectivity index (χ1n) is 13.4. The fourth-order valence-electron chi connectivity index (χ4n) is 4.21. The highest BCUT2D eigenvalue weighted by Crippen LogP contribution is 2.23. The van der Waals surface area contributed by atoms with Crippen LogP contribution < -0.4 is 16.2 Å². The molecule has 14 heteroatoms. The molecule has 0 aliphatic carbocycles. The molecule has 1 aromatic heterocycles. The zero-order valence-electron chi connectivity index (χ0n) is 23.9. The molecule has 1 fully saturated rings. The van der Waals surface area contributed by atoms with Crippen molar-refractivity contribution >= 4 is 52.2 Å². The molecule has 1 aliphatic heterocycles. The minimum Gasteiger partial charge on any atom is -0.462 e. The maximum atomic E-state index is 13.2. The molecule has 1 unspecified atom stereocenters. The van der Waals surface area contributed by atoms with E-state index in [9.17, 15) is 33.6 Å². The summed E-state index contributed by atoms with van der Waals surface area (Å²) in [5.74, 6) is -3.12. The summed E-state index contributed by atoms with van der Waals surface area (Å²) in [5, 5.41) is 5.04. The van der Waals surface area contributed by atoms with Crippen molar-refractivity contribution < 1.29 is 43.0 Å². The molecule has 0 radical (unpaired) electrons. The number of para-hydroxylation sites is 1. The van der Waals surface area contributed by atoms with E-state index < -0.39 is 52.8 Å². The van der Waals surface area contributed by atoms with Crippen LogP contribution in [0.3, 0.4) is 0 Å². The van der Waals surface area contributed by atoms with Gasteiger partial charge in [0.2, 0.25) is 17.7 Å². The van der Waals surface area contributed by atoms with Crippen LogP contribution in [-0.2, 0) is 43.0 Å². The van der Waals surface area contributed by atoms with Gasteiger partial charge in [0, 0.05) is 12.8 Å². The highest BCUT2D eigenvalue weighted by Gasteiger charge is 2.30. The Bertz CT molecular complexity index is 1460. The smallest absolute Gasteiger partial charge is 0.306 e. The van der Waals surface area contributed by atoms with Crippen LogP contribution >= 0.6 is 0 Å². The van der Waals surface area contributed by atoms with Crippen LogP contribution in [0.5, 0.6) is 0 Å². The molecule has 226 valence electrons. The standard InChI is InChI=1S/C28H34N4O10/c1-16-29-25-17(27(39)32(16)19-8-9-21(34)31-26(19)38)6-5-7-18(25)30-20(33)10-11-22(35)40-14-15-41-23(36)12-13-24(37)42-28(2,3)4/h5-7,19H,8-15H2,1-4H3,(H,30,33)(H,31,34,38). The summed E-state index contributed by atoms with van der Waals surface area (Å²) in [7, 11) is 0. The van der Waals surface area contributed by atoms with E-state index in [1.807, 2.05) is 0 Å². The summed E-state index contributed by atoms with van der Waals surface area (Å²) in [6, 6.07) is 3.74. The van der Waals surface area contributed by atoms with Gasteiger partial charge in [-0.05, 0) is 46.2 Å². The molecule has 0 spiro atoms. The lowest BCUT2D eigenvalue weighted by atomic mass is 10.1. The first kappa shape index (κ1) is 31.9. The van der Waals surface area contributed by atoms with E-state index in [2.05, 4.69) is 15.6 Å². The zero-order valence-corrected chi connectivity index (χ0v) is 23.9. The SMILES string of the molecule is Cc1nc2c(NC(=O)CCC(=O)OCCOC(=O)CCC(=O)OC(C)(C)C)cccc2c(=O)n1C1CCC(=O)NC1=O. The fraction of sp³-hybridized carbons (Fsp3) is 0.500. The molecule has 3 amide bonds. The van der Waals surface area contributed by atoms with Crippen molar-refractivity contribution in [3.63, 3.8) is 0 Å². The molecule has 2 N–H and O–H groups in total. The van der Waals surface area contributed by atoms with Gasteiger partial charge in [-0.3, -0.25) is 43.4 Å². The molecule has 1 atom stereocenters. The number of amides is 3. The van der Waals surface area contributed by atoms with E-state index in [0.29, 0.717) is 0 Å². The lowest BCUT2D eigenvalue weighted by Gasteiger charge is -2.24. The third-order valence-corrected chi connectivity index (χ3v) is 6.02. The molecule has 14 nitrogen and oxygen atoms in total. The summed E-state index contributed by atoms with van der Waals surface area (Å²) in [6.07, 6.45) is -0.514. The molecular formula is C28H34N4O10. The molecule has 42 heavy (non-hydrogen) atoms. The molecular weight excluding hydrogens is 552 g/mol. The number of esters is 3. The second-order valence-electron chi connectivity index (χ2n) is 10.6. The maximum Gasteiger partial charge on any atom is 0.306 e. The Labute approximate surface area is 241 Å². The Kier molecular flexibility index (Phi) is 10.5. The number of ether oxygens (including phenoxy) is 3. The average Bonchev–Trinajstić information content (AvgIpc) is 2.89. The van der Waals surface area contributed by atoms with Gasteiger partial charge < -0.3 is 19.5 Å². The third-order valence-electron chi connectivity index (χ3n) is 6.02. The number of aromatic nitrogens is 2. The fourth-order valence-corrected chi connectivity index (χ4v) is 4.21. The Morgan fingerprint density at radius 1 is 0.976 bits per heavy atom. The van der Waals surface area contributed by atoms with Gasteiger partial charge in [-0.1, -0.05) is 6.07 Å². The quantitative estimate of drug-likeness (QED) is 0.168. The molecule has 1 aliphatic rings. The predicted molar refractivity (Wildman–Crippen MR) is 147 cm³/mol. The minimum absolute atomic E-state index is 0.0971. The topological polar surface area (TPSA) is 189 Å². The summed E-state index contributed by atoms with van der Waals surface area (Å²) >= 11 is 0. The number of nitrogens with one attached hydrogen (secondary N) is 2. The van der Waals surface area contributed by atoms with Crippen LogP contribution in [0.25, 0.3) is 10.9 Å². The summed E-state index contributed by atoms with van der Waals surface area (Å²) in [5.41, 5.74) is -0.676. The van der Waals surface area contributed by atoms with E-state index in [1.165, 1.54) is 10.6 Å². The summed E-state index contributed by atoms with van der Waals surface area (Å²) < 4.78 is 16.2. The highest BCUT2D eigenvalue weighted by molar-refractivity contribution is 6.01. The largest absolute Gasteiger partial charge is 0.462 e. The number of aryl methyl sites for hydroxylation is 1. The van der Waals surface area contributed by atoms with Crippen molar-refractivity contribution in [2.45, 2.75) is 77.9 Å². The minimum atomic E-state index is -0.878. The molecule has 2 aromatic rings. The van der Waals surface area contributed by atoms with Crippen LogP contribution in [0.15, 0.2) is 23.0 Å².